The van der Waals surface area contributed by atoms with Crippen molar-refractivity contribution < 1.29 is 4.39 Å². The van der Waals surface area contributed by atoms with E-state index in [1.54, 1.807) is 6.07 Å². The number of aromatic nitrogens is 2. The van der Waals surface area contributed by atoms with Crippen molar-refractivity contribution in [3.05, 3.63) is 39.9 Å². The largest absolute Gasteiger partial charge is 0.330 e. The average Bonchev–Trinajstić information content (AvgIpc) is 2.93. The zero-order chi connectivity index (χ0) is 13.4. The molecular weight excluding hydrogens is 309 g/mol. The lowest BCUT2D eigenvalue weighted by Crippen LogP contribution is -2.05. The van der Waals surface area contributed by atoms with Crippen LogP contribution in [0.1, 0.15) is 17.8 Å². The Hall–Kier alpha value is -1.20. The van der Waals surface area contributed by atoms with Crippen molar-refractivity contribution in [1.82, 2.24) is 9.78 Å². The van der Waals surface area contributed by atoms with E-state index in [4.69, 9.17) is 5.73 Å². The summed E-state index contributed by atoms with van der Waals surface area (Å²) in [5, 5.41) is 4.58. The molecule has 0 radical (unpaired) electrons. The van der Waals surface area contributed by atoms with Gasteiger partial charge in [-0.25, -0.2) is 4.39 Å². The monoisotopic (exact) mass is 323 g/mol. The highest BCUT2D eigenvalue weighted by molar-refractivity contribution is 9.10. The van der Waals surface area contributed by atoms with E-state index in [0.29, 0.717) is 18.5 Å². The maximum Gasteiger partial charge on any atom is 0.131 e. The van der Waals surface area contributed by atoms with E-state index in [1.165, 1.54) is 6.07 Å². The van der Waals surface area contributed by atoms with Gasteiger partial charge in [-0.15, -0.1) is 0 Å². The molecule has 0 bridgehead atoms. The van der Waals surface area contributed by atoms with Crippen LogP contribution in [0, 0.1) is 5.82 Å². The number of aryl methyl sites for hydroxylation is 1. The molecule has 2 N–H and O–H groups in total. The van der Waals surface area contributed by atoms with Crippen molar-refractivity contribution >= 4 is 15.9 Å². The van der Waals surface area contributed by atoms with Gasteiger partial charge in [0.05, 0.1) is 5.69 Å². The summed E-state index contributed by atoms with van der Waals surface area (Å²) < 4.78 is 17.0. The Morgan fingerprint density at radius 1 is 1.42 bits per heavy atom. The molecule has 0 unspecified atom stereocenters. The summed E-state index contributed by atoms with van der Waals surface area (Å²) in [6.45, 7) is 1.45. The third-order valence-electron chi connectivity index (χ3n) is 3.49. The number of hydrogen-bond acceptors (Lipinski definition) is 2. The van der Waals surface area contributed by atoms with Crippen molar-refractivity contribution in [2.45, 2.75) is 25.8 Å². The number of rotatable bonds is 3. The summed E-state index contributed by atoms with van der Waals surface area (Å²) in [6, 6.07) is 5.03. The minimum absolute atomic E-state index is 0.204. The quantitative estimate of drug-likeness (QED) is 0.943. The molecule has 0 spiro atoms. The third-order valence-corrected chi connectivity index (χ3v) is 3.99. The summed E-state index contributed by atoms with van der Waals surface area (Å²) in [5.41, 5.74) is 9.26. The van der Waals surface area contributed by atoms with E-state index in [9.17, 15) is 4.39 Å². The zero-order valence-electron chi connectivity index (χ0n) is 10.5. The Kier molecular flexibility index (Phi) is 3.41. The first kappa shape index (κ1) is 12.8. The molecule has 0 fully saturated rings. The molecule has 1 aliphatic rings. The fourth-order valence-electron chi connectivity index (χ4n) is 2.70. The van der Waals surface area contributed by atoms with Crippen LogP contribution >= 0.6 is 15.9 Å². The fourth-order valence-corrected chi connectivity index (χ4v) is 3.06. The maximum atomic E-state index is 14.1. The first-order valence-electron chi connectivity index (χ1n) is 6.44. The Balaban J connectivity index is 2.20. The predicted octanol–water partition coefficient (Wildman–Crippen LogP) is 2.90. The van der Waals surface area contributed by atoms with E-state index in [0.717, 1.165) is 40.8 Å². The SMILES string of the molecule is NCCc1nn2c(c1-c1cc(Br)ccc1F)CCC2. The van der Waals surface area contributed by atoms with Gasteiger partial charge in [0.25, 0.3) is 0 Å². The Morgan fingerprint density at radius 2 is 2.26 bits per heavy atom. The number of nitrogens with two attached hydrogens (primary N) is 1. The first-order chi connectivity index (χ1) is 9.20. The summed E-state index contributed by atoms with van der Waals surface area (Å²) in [5.74, 6) is -0.204. The fraction of sp³-hybridized carbons (Fsp3) is 0.357. The minimum atomic E-state index is -0.204. The molecule has 3 nitrogen and oxygen atoms in total. The molecule has 2 aromatic rings. The molecule has 5 heteroatoms. The van der Waals surface area contributed by atoms with Crippen LogP contribution < -0.4 is 5.73 Å². The molecule has 1 aromatic carbocycles. The lowest BCUT2D eigenvalue weighted by atomic mass is 9.99. The topological polar surface area (TPSA) is 43.8 Å². The highest BCUT2D eigenvalue weighted by atomic mass is 79.9. The van der Waals surface area contributed by atoms with Crippen LogP contribution in [0.25, 0.3) is 11.1 Å². The van der Waals surface area contributed by atoms with E-state index < -0.39 is 0 Å². The van der Waals surface area contributed by atoms with Gasteiger partial charge in [-0.3, -0.25) is 4.68 Å². The Morgan fingerprint density at radius 3 is 3.05 bits per heavy atom. The van der Waals surface area contributed by atoms with Gasteiger partial charge >= 0.3 is 0 Å². The van der Waals surface area contributed by atoms with Crippen molar-refractivity contribution in [3.63, 3.8) is 0 Å². The molecule has 3 rings (SSSR count). The molecule has 0 saturated carbocycles. The van der Waals surface area contributed by atoms with Crippen molar-refractivity contribution in [2.24, 2.45) is 5.73 Å². The first-order valence-corrected chi connectivity index (χ1v) is 7.24. The second-order valence-electron chi connectivity index (χ2n) is 4.76. The molecule has 2 heterocycles. The molecule has 0 saturated heterocycles. The Bertz CT molecular complexity index is 621. The molecule has 19 heavy (non-hydrogen) atoms. The number of benzene rings is 1. The van der Waals surface area contributed by atoms with Crippen LogP contribution in [0.3, 0.4) is 0 Å². The molecule has 1 aromatic heterocycles. The zero-order valence-corrected chi connectivity index (χ0v) is 12.1. The average molecular weight is 324 g/mol. The van der Waals surface area contributed by atoms with Gasteiger partial charge in [0.2, 0.25) is 0 Å². The van der Waals surface area contributed by atoms with E-state index in [2.05, 4.69) is 21.0 Å². The normalized spacial score (nSPS) is 13.8. The lowest BCUT2D eigenvalue weighted by Gasteiger charge is -2.07. The summed E-state index contributed by atoms with van der Waals surface area (Å²) in [4.78, 5) is 0. The molecule has 0 aliphatic carbocycles. The van der Waals surface area contributed by atoms with Gasteiger partial charge < -0.3 is 5.73 Å². The summed E-state index contributed by atoms with van der Waals surface area (Å²) in [7, 11) is 0. The number of nitrogens with zero attached hydrogens (tertiary/aromatic N) is 2. The highest BCUT2D eigenvalue weighted by Gasteiger charge is 2.24. The molecular formula is C14H15BrFN3. The van der Waals surface area contributed by atoms with E-state index in [-0.39, 0.29) is 5.82 Å². The molecule has 0 amide bonds. The van der Waals surface area contributed by atoms with Gasteiger partial charge in [-0.1, -0.05) is 15.9 Å². The van der Waals surface area contributed by atoms with Crippen LogP contribution in [0.5, 0.6) is 0 Å². The molecule has 0 atom stereocenters. The van der Waals surface area contributed by atoms with Crippen molar-refractivity contribution in [1.29, 1.82) is 0 Å². The number of halogens is 2. The van der Waals surface area contributed by atoms with Crippen LogP contribution in [-0.2, 0) is 19.4 Å². The Labute approximate surface area is 119 Å². The van der Waals surface area contributed by atoms with E-state index in [1.807, 2.05) is 10.7 Å². The third kappa shape index (κ3) is 2.21. The summed E-state index contributed by atoms with van der Waals surface area (Å²) in [6.07, 6.45) is 2.72. The predicted molar refractivity (Wildman–Crippen MR) is 76.4 cm³/mol. The minimum Gasteiger partial charge on any atom is -0.330 e. The summed E-state index contributed by atoms with van der Waals surface area (Å²) >= 11 is 3.41. The van der Waals surface area contributed by atoms with Crippen LogP contribution in [-0.4, -0.2) is 16.3 Å². The lowest BCUT2D eigenvalue weighted by molar-refractivity contribution is 0.630. The second kappa shape index (κ2) is 5.06. The maximum absolute atomic E-state index is 14.1. The standard InChI is InChI=1S/C14H15BrFN3/c15-9-3-4-11(16)10(8-9)14-12(5-6-17)18-19-7-1-2-13(14)19/h3-4,8H,1-2,5-7,17H2. The molecule has 100 valence electrons. The smallest absolute Gasteiger partial charge is 0.131 e. The number of hydrogen-bond donors (Lipinski definition) is 1. The van der Waals surface area contributed by atoms with Gasteiger partial charge in [-0.05, 0) is 37.6 Å². The van der Waals surface area contributed by atoms with Crippen LogP contribution in [0.2, 0.25) is 0 Å². The molecule has 1 aliphatic heterocycles. The second-order valence-corrected chi connectivity index (χ2v) is 5.67. The van der Waals surface area contributed by atoms with Crippen LogP contribution in [0.4, 0.5) is 4.39 Å². The van der Waals surface area contributed by atoms with Gasteiger partial charge in [0.1, 0.15) is 5.82 Å². The van der Waals surface area contributed by atoms with Crippen molar-refractivity contribution in [3.8, 4) is 11.1 Å². The van der Waals surface area contributed by atoms with Gasteiger partial charge in [0, 0.05) is 34.3 Å². The van der Waals surface area contributed by atoms with Crippen LogP contribution in [0.15, 0.2) is 22.7 Å². The van der Waals surface area contributed by atoms with Gasteiger partial charge in [-0.2, -0.15) is 5.10 Å². The van der Waals surface area contributed by atoms with E-state index >= 15 is 0 Å². The number of fused-ring (bicyclic) bond motifs is 1. The highest BCUT2D eigenvalue weighted by Crippen LogP contribution is 2.35. The van der Waals surface area contributed by atoms with Gasteiger partial charge in [0.15, 0.2) is 0 Å². The van der Waals surface area contributed by atoms with Crippen molar-refractivity contribution in [2.75, 3.05) is 6.54 Å².